The molecular weight excluding hydrogens is 765 g/mol. The minimum Gasteiger partial charge on any atom is -0.480 e. The molecule has 0 saturated heterocycles. The quantitative estimate of drug-likeness (QED) is 0.0172. The summed E-state index contributed by atoms with van der Waals surface area (Å²) in [5.41, 5.74) is 5.31. The second-order valence-electron chi connectivity index (χ2n) is 13.7. The van der Waals surface area contributed by atoms with E-state index in [1.54, 1.807) is 6.08 Å². The highest BCUT2D eigenvalue weighted by Crippen LogP contribution is 2.43. The van der Waals surface area contributed by atoms with Gasteiger partial charge in [0.05, 0.1) is 25.4 Å². The molecule has 0 radical (unpaired) electrons. The number of ether oxygens (including phenoxy) is 2. The van der Waals surface area contributed by atoms with Crippen LogP contribution >= 0.6 is 7.82 Å². The number of hydrogen-bond donors (Lipinski definition) is 5. The van der Waals surface area contributed by atoms with Crippen molar-refractivity contribution in [2.24, 2.45) is 5.73 Å². The van der Waals surface area contributed by atoms with Crippen LogP contribution in [0.5, 0.6) is 0 Å². The molecule has 330 valence electrons. The molecule has 0 aromatic heterocycles. The summed E-state index contributed by atoms with van der Waals surface area (Å²) in [6.45, 7) is 2.29. The van der Waals surface area contributed by atoms with E-state index < -0.39 is 69.9 Å². The summed E-state index contributed by atoms with van der Waals surface area (Å²) in [5.74, 6) is -2.77. The smallest absolute Gasteiger partial charge is 0.472 e. The molecule has 0 aliphatic heterocycles. The van der Waals surface area contributed by atoms with E-state index in [0.29, 0.717) is 12.8 Å². The first kappa shape index (κ1) is 54.6. The summed E-state index contributed by atoms with van der Waals surface area (Å²) in [6.07, 6.45) is 38.3. The Morgan fingerprint density at radius 3 is 1.67 bits per heavy atom. The van der Waals surface area contributed by atoms with Crippen LogP contribution in [0.15, 0.2) is 85.1 Å². The van der Waals surface area contributed by atoms with E-state index >= 15 is 0 Å². The number of aliphatic carboxylic acids is 1. The van der Waals surface area contributed by atoms with Crippen molar-refractivity contribution in [3.8, 4) is 0 Å². The highest BCUT2D eigenvalue weighted by molar-refractivity contribution is 7.47. The maximum atomic E-state index is 12.6. The second-order valence-corrected chi connectivity index (χ2v) is 15.1. The van der Waals surface area contributed by atoms with Crippen molar-refractivity contribution in [3.63, 3.8) is 0 Å². The van der Waals surface area contributed by atoms with E-state index in [-0.39, 0.29) is 32.1 Å². The molecule has 0 aromatic carbocycles. The zero-order valence-electron chi connectivity index (χ0n) is 34.8. The molecule has 0 aliphatic rings. The number of nitrogens with two attached hydrogens (primary N) is 1. The van der Waals surface area contributed by atoms with Gasteiger partial charge < -0.3 is 35.4 Å². The molecule has 14 heteroatoms. The van der Waals surface area contributed by atoms with Crippen LogP contribution in [0.25, 0.3) is 0 Å². The molecule has 1 unspecified atom stereocenters. The van der Waals surface area contributed by atoms with Crippen LogP contribution in [0.3, 0.4) is 0 Å². The van der Waals surface area contributed by atoms with Gasteiger partial charge >= 0.3 is 25.7 Å². The van der Waals surface area contributed by atoms with Gasteiger partial charge in [-0.15, -0.1) is 0 Å². The van der Waals surface area contributed by atoms with Gasteiger partial charge in [-0.25, -0.2) is 4.57 Å². The van der Waals surface area contributed by atoms with Gasteiger partial charge in [0, 0.05) is 12.8 Å². The molecule has 5 atom stereocenters. The van der Waals surface area contributed by atoms with E-state index in [4.69, 9.17) is 24.8 Å². The Balaban J connectivity index is 4.73. The second kappa shape index (κ2) is 37.8. The van der Waals surface area contributed by atoms with Crippen LogP contribution in [0, 0.1) is 0 Å². The van der Waals surface area contributed by atoms with Crippen molar-refractivity contribution in [1.29, 1.82) is 0 Å². The molecule has 0 rings (SSSR count). The number of unbranched alkanes of at least 4 members (excludes halogenated alkanes) is 5. The molecule has 0 saturated carbocycles. The van der Waals surface area contributed by atoms with Gasteiger partial charge in [-0.1, -0.05) is 112 Å². The van der Waals surface area contributed by atoms with E-state index in [9.17, 15) is 34.1 Å². The number of esters is 2. The molecule has 13 nitrogen and oxygen atoms in total. The lowest BCUT2D eigenvalue weighted by Crippen LogP contribution is -2.34. The van der Waals surface area contributed by atoms with Crippen LogP contribution in [0.1, 0.15) is 129 Å². The van der Waals surface area contributed by atoms with E-state index in [2.05, 4.69) is 85.2 Å². The Bertz CT molecular complexity index is 1340. The monoisotopic (exact) mass is 837 g/mol. The van der Waals surface area contributed by atoms with Crippen LogP contribution in [-0.2, 0) is 37.5 Å². The van der Waals surface area contributed by atoms with Crippen molar-refractivity contribution in [3.05, 3.63) is 85.1 Å². The normalized spacial score (nSPS) is 15.7. The third-order valence-corrected chi connectivity index (χ3v) is 9.28. The highest BCUT2D eigenvalue weighted by Gasteiger charge is 2.28. The number of hydrogen-bond acceptors (Lipinski definition) is 11. The first-order valence-corrected chi connectivity index (χ1v) is 22.3. The average molecular weight is 838 g/mol. The summed E-state index contributed by atoms with van der Waals surface area (Å²) < 4.78 is 32.4. The number of allylic oxidation sites excluding steroid dienone is 13. The number of rotatable bonds is 37. The summed E-state index contributed by atoms with van der Waals surface area (Å²) in [6, 6.07) is -1.58. The Morgan fingerprint density at radius 1 is 0.621 bits per heavy atom. The van der Waals surface area contributed by atoms with Crippen molar-refractivity contribution in [2.45, 2.75) is 154 Å². The van der Waals surface area contributed by atoms with Gasteiger partial charge in [0.15, 0.2) is 6.10 Å². The SMILES string of the molecule is CC/C=C\C/C=C\C/C=C\C/C=C\C[C@@H](O)[C@H](O)CCCC(=O)O[C@H](COC(=O)CCCC/C=C\C/C=C\C/C=C\CCCCC)COP(=O)(O)OC[C@H](N)C(=O)O. The Hall–Kier alpha value is -3.42. The maximum absolute atomic E-state index is 12.6. The number of aliphatic hydroxyl groups is 2. The first-order chi connectivity index (χ1) is 27.9. The standard InChI is InChI=1S/C44H72NO12P/c1-3-5-7-9-11-13-15-17-18-19-21-23-25-27-29-33-42(48)54-35-38(36-55-58(52,53)56-37-39(45)44(50)51)57-43(49)34-30-32-41(47)40(46)31-28-26-24-22-20-16-14-12-10-8-6-4-2/h6,8,11-14,17-18,20-23,26,28,38-41,46-47H,3-5,7,9-10,15-16,19,24-25,27,29-37,45H2,1-2H3,(H,50,51)(H,52,53)/b8-6-,13-11-,14-12-,18-17-,22-20-,23-21-,28-26-/t38-,39+,40-,41-/m1/s1. The minimum atomic E-state index is -4.81. The molecule has 0 fully saturated rings. The third-order valence-electron chi connectivity index (χ3n) is 8.33. The van der Waals surface area contributed by atoms with Crippen LogP contribution in [0.4, 0.5) is 0 Å². The number of carboxylic acid groups (broad SMARTS) is 1. The summed E-state index contributed by atoms with van der Waals surface area (Å²) in [5, 5.41) is 29.6. The molecule has 58 heavy (non-hydrogen) atoms. The van der Waals surface area contributed by atoms with Crippen molar-refractivity contribution in [2.75, 3.05) is 19.8 Å². The number of carbonyl (C=O) groups excluding carboxylic acids is 2. The van der Waals surface area contributed by atoms with Gasteiger partial charge in [0.1, 0.15) is 12.6 Å². The average Bonchev–Trinajstić information content (AvgIpc) is 3.19. The molecule has 0 aromatic rings. The molecular formula is C44H72NO12P. The maximum Gasteiger partial charge on any atom is 0.472 e. The lowest BCUT2D eigenvalue weighted by atomic mass is 10.0. The van der Waals surface area contributed by atoms with Crippen LogP contribution in [-0.4, -0.2) is 82.3 Å². The zero-order valence-corrected chi connectivity index (χ0v) is 35.7. The summed E-state index contributed by atoms with van der Waals surface area (Å²) >= 11 is 0. The van der Waals surface area contributed by atoms with Crippen molar-refractivity contribution >= 4 is 25.7 Å². The Morgan fingerprint density at radius 2 is 1.12 bits per heavy atom. The zero-order chi connectivity index (χ0) is 43.1. The number of carboxylic acids is 1. The van der Waals surface area contributed by atoms with E-state index in [1.165, 1.54) is 19.3 Å². The molecule has 0 spiro atoms. The van der Waals surface area contributed by atoms with Gasteiger partial charge in [-0.3, -0.25) is 23.4 Å². The van der Waals surface area contributed by atoms with E-state index in [1.807, 2.05) is 12.2 Å². The topological polar surface area (TPSA) is 212 Å². The van der Waals surface area contributed by atoms with Gasteiger partial charge in [0.25, 0.3) is 0 Å². The molecule has 0 amide bonds. The number of phosphoric acid groups is 1. The lowest BCUT2D eigenvalue weighted by Gasteiger charge is -2.20. The van der Waals surface area contributed by atoms with Gasteiger partial charge in [-0.2, -0.15) is 0 Å². The van der Waals surface area contributed by atoms with E-state index in [0.717, 1.165) is 51.4 Å². The highest BCUT2D eigenvalue weighted by atomic mass is 31.2. The summed E-state index contributed by atoms with van der Waals surface area (Å²) in [4.78, 5) is 45.9. The number of carbonyl (C=O) groups is 3. The fraction of sp³-hybridized carbons (Fsp3) is 0.614. The number of aliphatic hydroxyl groups excluding tert-OH is 2. The molecule has 6 N–H and O–H groups in total. The Kier molecular flexibility index (Phi) is 35.6. The minimum absolute atomic E-state index is 0.103. The largest absolute Gasteiger partial charge is 0.480 e. The predicted molar refractivity (Wildman–Crippen MR) is 229 cm³/mol. The van der Waals surface area contributed by atoms with Gasteiger partial charge in [0.2, 0.25) is 0 Å². The molecule has 0 heterocycles. The van der Waals surface area contributed by atoms with Crippen molar-refractivity contribution < 1.29 is 57.7 Å². The Labute approximate surface area is 347 Å². The third kappa shape index (κ3) is 35.7. The first-order valence-electron chi connectivity index (χ1n) is 20.8. The lowest BCUT2D eigenvalue weighted by molar-refractivity contribution is -0.161. The van der Waals surface area contributed by atoms with Crippen LogP contribution < -0.4 is 5.73 Å². The van der Waals surface area contributed by atoms with Crippen molar-refractivity contribution in [1.82, 2.24) is 0 Å². The predicted octanol–water partition coefficient (Wildman–Crippen LogP) is 8.66. The number of phosphoric ester groups is 1. The molecule has 0 bridgehead atoms. The van der Waals surface area contributed by atoms with Crippen LogP contribution in [0.2, 0.25) is 0 Å². The fourth-order valence-electron chi connectivity index (χ4n) is 4.92. The fourth-order valence-corrected chi connectivity index (χ4v) is 5.70. The molecule has 0 aliphatic carbocycles. The summed E-state index contributed by atoms with van der Waals surface area (Å²) in [7, 11) is -4.81. The van der Waals surface area contributed by atoms with Gasteiger partial charge in [-0.05, 0) is 89.9 Å².